The second-order valence-electron chi connectivity index (χ2n) is 4.35. The van der Waals surface area contributed by atoms with E-state index in [0.29, 0.717) is 17.1 Å². The number of nitrogens with one attached hydrogen (secondary N) is 3. The Balaban J connectivity index is 2.10. The maximum absolute atomic E-state index is 12.1. The van der Waals surface area contributed by atoms with Crippen LogP contribution in [0.2, 0.25) is 0 Å². The Bertz CT molecular complexity index is 634. The third-order valence-electron chi connectivity index (χ3n) is 2.70. The Morgan fingerprint density at radius 3 is 2.70 bits per heavy atom. The molecule has 3 N–H and O–H groups in total. The lowest BCUT2D eigenvalue weighted by Crippen LogP contribution is -2.13. The normalized spacial score (nSPS) is 10.1. The predicted octanol–water partition coefficient (Wildman–Crippen LogP) is 2.18. The van der Waals surface area contributed by atoms with E-state index in [1.54, 1.807) is 30.3 Å². The van der Waals surface area contributed by atoms with Crippen LogP contribution in [0.3, 0.4) is 0 Å². The van der Waals surface area contributed by atoms with Gasteiger partial charge < -0.3 is 10.6 Å². The molecule has 20 heavy (non-hydrogen) atoms. The number of H-pyrrole nitrogens is 1. The molecule has 0 aliphatic heterocycles. The van der Waals surface area contributed by atoms with E-state index in [0.717, 1.165) is 12.1 Å². The molecule has 0 fully saturated rings. The highest BCUT2D eigenvalue weighted by Gasteiger charge is 2.09. The van der Waals surface area contributed by atoms with Gasteiger partial charge in [0.05, 0.1) is 0 Å². The molecule has 2 aromatic rings. The molecule has 0 saturated carbocycles. The lowest BCUT2D eigenvalue weighted by Gasteiger charge is -2.05. The van der Waals surface area contributed by atoms with Gasteiger partial charge in [-0.2, -0.15) is 5.10 Å². The molecule has 6 nitrogen and oxygen atoms in total. The first-order chi connectivity index (χ1) is 9.58. The summed E-state index contributed by atoms with van der Waals surface area (Å²) in [5.74, 6) is 0.0329. The maximum atomic E-state index is 12.1. The molecule has 2 amide bonds. The van der Waals surface area contributed by atoms with Crippen molar-refractivity contribution in [2.45, 2.75) is 20.3 Å². The van der Waals surface area contributed by atoms with Gasteiger partial charge in [-0.1, -0.05) is 13.0 Å². The van der Waals surface area contributed by atoms with E-state index in [-0.39, 0.29) is 11.8 Å². The molecule has 1 aromatic carbocycles. The zero-order chi connectivity index (χ0) is 14.5. The maximum Gasteiger partial charge on any atom is 0.256 e. The number of amides is 2. The fourth-order valence-electron chi connectivity index (χ4n) is 1.74. The van der Waals surface area contributed by atoms with Crippen molar-refractivity contribution in [2.24, 2.45) is 0 Å². The molecule has 6 heteroatoms. The Labute approximate surface area is 116 Å². The molecule has 0 aliphatic carbocycles. The second-order valence-corrected chi connectivity index (χ2v) is 4.35. The number of rotatable bonds is 4. The summed E-state index contributed by atoms with van der Waals surface area (Å²) in [5.41, 5.74) is 1.99. The first kappa shape index (κ1) is 13.8. The molecular formula is C14H16N4O2. The predicted molar refractivity (Wildman–Crippen MR) is 76.7 cm³/mol. The second kappa shape index (κ2) is 6.01. The number of aromatic amines is 1. The number of carbonyl (C=O) groups excluding carboxylic acids is 2. The van der Waals surface area contributed by atoms with Gasteiger partial charge >= 0.3 is 0 Å². The molecule has 0 atom stereocenters. The van der Waals surface area contributed by atoms with Crippen molar-refractivity contribution in [3.8, 4) is 0 Å². The zero-order valence-electron chi connectivity index (χ0n) is 11.4. The van der Waals surface area contributed by atoms with Crippen molar-refractivity contribution in [3.63, 3.8) is 0 Å². The number of hydrogen-bond acceptors (Lipinski definition) is 3. The number of anilines is 2. The topological polar surface area (TPSA) is 86.9 Å². The summed E-state index contributed by atoms with van der Waals surface area (Å²) in [5, 5.41) is 12.2. The van der Waals surface area contributed by atoms with Crippen LogP contribution in [0.5, 0.6) is 0 Å². The van der Waals surface area contributed by atoms with Gasteiger partial charge in [-0.3, -0.25) is 14.7 Å². The van der Waals surface area contributed by atoms with Crippen LogP contribution in [0.15, 0.2) is 30.3 Å². The van der Waals surface area contributed by atoms with Crippen molar-refractivity contribution in [2.75, 3.05) is 10.6 Å². The number of benzene rings is 1. The minimum atomic E-state index is -0.272. The van der Waals surface area contributed by atoms with E-state index in [4.69, 9.17) is 0 Å². The van der Waals surface area contributed by atoms with Crippen LogP contribution < -0.4 is 10.6 Å². The lowest BCUT2D eigenvalue weighted by molar-refractivity contribution is -0.114. The summed E-state index contributed by atoms with van der Waals surface area (Å²) in [6.07, 6.45) is 0.820. The van der Waals surface area contributed by atoms with E-state index >= 15 is 0 Å². The molecule has 0 bridgehead atoms. The van der Waals surface area contributed by atoms with Gasteiger partial charge in [0.2, 0.25) is 5.91 Å². The summed E-state index contributed by atoms with van der Waals surface area (Å²) >= 11 is 0. The van der Waals surface area contributed by atoms with Crippen LogP contribution in [-0.4, -0.2) is 22.0 Å². The average molecular weight is 272 g/mol. The van der Waals surface area contributed by atoms with Crippen LogP contribution in [0, 0.1) is 0 Å². The molecule has 1 aromatic heterocycles. The van der Waals surface area contributed by atoms with Crippen LogP contribution in [0.4, 0.5) is 11.5 Å². The quantitative estimate of drug-likeness (QED) is 0.797. The van der Waals surface area contributed by atoms with Gasteiger partial charge in [0, 0.05) is 29.9 Å². The minimum absolute atomic E-state index is 0.178. The zero-order valence-corrected chi connectivity index (χ0v) is 11.4. The molecule has 0 unspecified atom stereocenters. The molecule has 0 spiro atoms. The summed E-state index contributed by atoms with van der Waals surface area (Å²) in [6.45, 7) is 3.42. The molecule has 2 rings (SSSR count). The number of nitrogens with zero attached hydrogens (tertiary/aromatic N) is 1. The van der Waals surface area contributed by atoms with E-state index in [1.165, 1.54) is 6.92 Å². The molecule has 0 saturated heterocycles. The van der Waals surface area contributed by atoms with E-state index in [2.05, 4.69) is 20.8 Å². The van der Waals surface area contributed by atoms with Crippen molar-refractivity contribution in [1.82, 2.24) is 10.2 Å². The molecular weight excluding hydrogens is 256 g/mol. The standard InChI is InChI=1S/C14H16N4O2/c1-3-11-8-13(18-17-11)16-14(20)10-5-4-6-12(7-10)15-9(2)19/h4-8H,3H2,1-2H3,(H,15,19)(H2,16,17,18,20). The third-order valence-corrected chi connectivity index (χ3v) is 2.70. The summed E-state index contributed by atoms with van der Waals surface area (Å²) in [6, 6.07) is 8.51. The highest BCUT2D eigenvalue weighted by atomic mass is 16.2. The Hall–Kier alpha value is -2.63. The summed E-state index contributed by atoms with van der Waals surface area (Å²) in [4.78, 5) is 23.1. The highest BCUT2D eigenvalue weighted by molar-refractivity contribution is 6.04. The summed E-state index contributed by atoms with van der Waals surface area (Å²) in [7, 11) is 0. The Kier molecular flexibility index (Phi) is 4.14. The fraction of sp³-hybridized carbons (Fsp3) is 0.214. The Morgan fingerprint density at radius 1 is 1.25 bits per heavy atom. The first-order valence-electron chi connectivity index (χ1n) is 6.31. The number of aryl methyl sites for hydroxylation is 1. The number of hydrogen-bond donors (Lipinski definition) is 3. The third kappa shape index (κ3) is 3.44. The van der Waals surface area contributed by atoms with Gasteiger partial charge in [-0.05, 0) is 24.6 Å². The minimum Gasteiger partial charge on any atom is -0.326 e. The average Bonchev–Trinajstić information content (AvgIpc) is 2.86. The Morgan fingerprint density at radius 2 is 2.05 bits per heavy atom. The van der Waals surface area contributed by atoms with Gasteiger partial charge in [0.1, 0.15) is 0 Å². The van der Waals surface area contributed by atoms with Crippen LogP contribution >= 0.6 is 0 Å². The van der Waals surface area contributed by atoms with Gasteiger partial charge in [-0.15, -0.1) is 0 Å². The van der Waals surface area contributed by atoms with Crippen LogP contribution in [0.1, 0.15) is 29.9 Å². The van der Waals surface area contributed by atoms with E-state index < -0.39 is 0 Å². The smallest absolute Gasteiger partial charge is 0.256 e. The van der Waals surface area contributed by atoms with Gasteiger partial charge in [0.15, 0.2) is 5.82 Å². The van der Waals surface area contributed by atoms with E-state index in [1.807, 2.05) is 6.92 Å². The summed E-state index contributed by atoms with van der Waals surface area (Å²) < 4.78 is 0. The first-order valence-corrected chi connectivity index (χ1v) is 6.31. The largest absolute Gasteiger partial charge is 0.326 e. The SMILES string of the molecule is CCc1cc(NC(=O)c2cccc(NC(C)=O)c2)n[nH]1. The van der Waals surface area contributed by atoms with E-state index in [9.17, 15) is 9.59 Å². The fourth-order valence-corrected chi connectivity index (χ4v) is 1.74. The molecule has 0 aliphatic rings. The molecule has 1 heterocycles. The van der Waals surface area contributed by atoms with Gasteiger partial charge in [0.25, 0.3) is 5.91 Å². The van der Waals surface area contributed by atoms with Crippen molar-refractivity contribution in [1.29, 1.82) is 0 Å². The van der Waals surface area contributed by atoms with Crippen LogP contribution in [0.25, 0.3) is 0 Å². The van der Waals surface area contributed by atoms with Gasteiger partial charge in [-0.25, -0.2) is 0 Å². The van der Waals surface area contributed by atoms with Crippen LogP contribution in [-0.2, 0) is 11.2 Å². The monoisotopic (exact) mass is 272 g/mol. The molecule has 0 radical (unpaired) electrons. The number of aromatic nitrogens is 2. The number of carbonyl (C=O) groups is 2. The van der Waals surface area contributed by atoms with Crippen molar-refractivity contribution >= 4 is 23.3 Å². The van der Waals surface area contributed by atoms with Crippen molar-refractivity contribution < 1.29 is 9.59 Å². The highest BCUT2D eigenvalue weighted by Crippen LogP contribution is 2.13. The lowest BCUT2D eigenvalue weighted by atomic mass is 10.2. The molecule has 104 valence electrons. The van der Waals surface area contributed by atoms with Crippen molar-refractivity contribution in [3.05, 3.63) is 41.6 Å².